The molecule has 0 radical (unpaired) electrons. The highest BCUT2D eigenvalue weighted by atomic mass is 32.2. The Labute approximate surface area is 337 Å². The smallest absolute Gasteiger partial charge is 0.408 e. The molecule has 5 atom stereocenters. The fourth-order valence-electron chi connectivity index (χ4n) is 7.84. The van der Waals surface area contributed by atoms with Crippen LogP contribution in [0.15, 0.2) is 24.3 Å². The number of methoxy groups -OCH3 is 1. The summed E-state index contributed by atoms with van der Waals surface area (Å²) in [5, 5.41) is 6.62. The number of sulfonamides is 1. The Kier molecular flexibility index (Phi) is 12.0. The molecular weight excluding hydrogens is 777 g/mol. The van der Waals surface area contributed by atoms with Gasteiger partial charge in [0.2, 0.25) is 27.7 Å². The minimum atomic E-state index is -3.88. The summed E-state index contributed by atoms with van der Waals surface area (Å²) in [4.78, 5) is 64.5. The highest BCUT2D eigenvalue weighted by Crippen LogP contribution is 2.48. The van der Waals surface area contributed by atoms with Crippen molar-refractivity contribution in [3.8, 4) is 11.6 Å². The Morgan fingerprint density at radius 1 is 1.07 bits per heavy atom. The summed E-state index contributed by atoms with van der Waals surface area (Å²) < 4.78 is 51.4. The van der Waals surface area contributed by atoms with E-state index in [1.165, 1.54) is 16.7 Å². The predicted octanol–water partition coefficient (Wildman–Crippen LogP) is 3.11. The van der Waals surface area contributed by atoms with Crippen LogP contribution in [0, 0.1) is 5.92 Å². The minimum absolute atomic E-state index is 0.0200. The Morgan fingerprint density at radius 3 is 2.56 bits per heavy atom. The first-order valence-electron chi connectivity index (χ1n) is 19.9. The number of anilines is 1. The number of carbonyl (C=O) groups excluding carboxylic acids is 4. The summed E-state index contributed by atoms with van der Waals surface area (Å²) in [6.45, 7) is 7.55. The van der Waals surface area contributed by atoms with E-state index in [1.54, 1.807) is 27.9 Å². The average molecular weight is 831 g/mol. The average Bonchev–Trinajstić information content (AvgIpc) is 4.09. The maximum absolute atomic E-state index is 14.6. The van der Waals surface area contributed by atoms with Crippen LogP contribution in [0.5, 0.6) is 11.6 Å². The lowest BCUT2D eigenvalue weighted by molar-refractivity contribution is -0.140. The molecule has 1 aromatic carbocycles. The quantitative estimate of drug-likeness (QED) is 0.352. The van der Waals surface area contributed by atoms with Crippen LogP contribution in [0.1, 0.15) is 72.1 Å². The molecule has 7 rings (SSSR count). The van der Waals surface area contributed by atoms with Gasteiger partial charge in [-0.25, -0.2) is 13.2 Å². The molecule has 5 fully saturated rings. The summed E-state index contributed by atoms with van der Waals surface area (Å²) in [7, 11) is -2.29. The van der Waals surface area contributed by atoms with Crippen molar-refractivity contribution in [1.82, 2.24) is 25.2 Å². The first-order valence-corrected chi connectivity index (χ1v) is 22.6. The number of pyridine rings is 1. The molecule has 57 heavy (non-hydrogen) atoms. The number of amides is 4. The number of thioether (sulfide) groups is 1. The number of carbonyl (C=O) groups is 4. The van der Waals surface area contributed by atoms with E-state index in [1.807, 2.05) is 24.3 Å². The van der Waals surface area contributed by atoms with Gasteiger partial charge in [-0.2, -0.15) is 16.7 Å². The van der Waals surface area contributed by atoms with Crippen LogP contribution < -0.4 is 29.7 Å². The summed E-state index contributed by atoms with van der Waals surface area (Å²) >= 11 is 1.53. The fourth-order valence-corrected chi connectivity index (χ4v) is 10.2. The Morgan fingerprint density at radius 2 is 1.84 bits per heavy atom. The maximum Gasteiger partial charge on any atom is 0.408 e. The fraction of sp³-hybridized carbons (Fsp3) is 0.667. The number of benzene rings is 1. The van der Waals surface area contributed by atoms with Crippen molar-refractivity contribution < 1.29 is 46.5 Å². The highest BCUT2D eigenvalue weighted by molar-refractivity contribution is 7.99. The molecule has 0 bridgehead atoms. The summed E-state index contributed by atoms with van der Waals surface area (Å²) in [6.07, 6.45) is 2.93. The molecule has 2 aliphatic carbocycles. The second-order valence-corrected chi connectivity index (χ2v) is 19.7. The molecule has 16 nitrogen and oxygen atoms in total. The van der Waals surface area contributed by atoms with Gasteiger partial charge in [0.25, 0.3) is 5.91 Å². The number of nitrogens with one attached hydrogen (secondary N) is 3. The summed E-state index contributed by atoms with van der Waals surface area (Å²) in [6, 6.07) is 5.39. The van der Waals surface area contributed by atoms with Crippen molar-refractivity contribution in [2.24, 2.45) is 5.92 Å². The lowest BCUT2D eigenvalue weighted by Crippen LogP contribution is -2.58. The number of morpholine rings is 1. The molecule has 1 aromatic heterocycles. The molecular formula is C39H54N6O10S2. The van der Waals surface area contributed by atoms with E-state index in [9.17, 15) is 27.6 Å². The van der Waals surface area contributed by atoms with E-state index in [0.29, 0.717) is 68.4 Å². The molecule has 3 aliphatic heterocycles. The van der Waals surface area contributed by atoms with Gasteiger partial charge in [0.05, 0.1) is 32.1 Å². The van der Waals surface area contributed by atoms with Crippen LogP contribution in [-0.2, 0) is 33.9 Å². The first-order chi connectivity index (χ1) is 27.2. The number of nitrogens with zero attached hydrogens (tertiary/aromatic N) is 3. The summed E-state index contributed by atoms with van der Waals surface area (Å²) in [5.74, 6) is 0.533. The van der Waals surface area contributed by atoms with Gasteiger partial charge >= 0.3 is 6.09 Å². The van der Waals surface area contributed by atoms with Crippen molar-refractivity contribution >= 4 is 62.2 Å². The highest BCUT2D eigenvalue weighted by Gasteiger charge is 2.62. The predicted molar refractivity (Wildman–Crippen MR) is 214 cm³/mol. The van der Waals surface area contributed by atoms with Crippen LogP contribution >= 0.6 is 11.8 Å². The van der Waals surface area contributed by atoms with Crippen LogP contribution in [0.25, 0.3) is 10.8 Å². The normalized spacial score (nSPS) is 27.6. The largest absolute Gasteiger partial charge is 0.497 e. The van der Waals surface area contributed by atoms with Crippen LogP contribution in [0.3, 0.4) is 0 Å². The van der Waals surface area contributed by atoms with Crippen LogP contribution in [0.4, 0.5) is 10.6 Å². The third kappa shape index (κ3) is 9.65. The van der Waals surface area contributed by atoms with E-state index in [2.05, 4.69) is 20.3 Å². The summed E-state index contributed by atoms with van der Waals surface area (Å²) in [5.41, 5.74) is -2.24. The van der Waals surface area contributed by atoms with Crippen molar-refractivity contribution in [2.45, 2.75) is 107 Å². The lowest BCUT2D eigenvalue weighted by atomic mass is 10.1. The first kappa shape index (κ1) is 41.1. The van der Waals surface area contributed by atoms with Gasteiger partial charge in [0.1, 0.15) is 40.9 Å². The van der Waals surface area contributed by atoms with Gasteiger partial charge < -0.3 is 39.4 Å². The van der Waals surface area contributed by atoms with Gasteiger partial charge in [0, 0.05) is 30.6 Å². The molecule has 3 N–H and O–H groups in total. The number of rotatable bonds is 8. The molecule has 0 spiro atoms. The van der Waals surface area contributed by atoms with Gasteiger partial charge in [0.15, 0.2) is 0 Å². The zero-order valence-corrected chi connectivity index (χ0v) is 34.7. The molecule has 312 valence electrons. The molecule has 3 saturated heterocycles. The Balaban J connectivity index is 1.21. The number of alkyl carbamates (subject to hydrolysis) is 1. The van der Waals surface area contributed by atoms with E-state index in [4.69, 9.17) is 23.9 Å². The standard InChI is InChI=1S/C39H54N6O10S2/c1-38(2,3)55-37(49)40-30-23-56-17-7-5-6-8-25-21-39(25,36(48)43-57(50,51)28-10-11-28)42-33(46)31-20-27(22-45(31)35(30)47)54-34-29-12-9-26(52-4)18-24(29)19-32(41-34)44-13-15-53-16-14-44/h9,12,18-19,25,27-28,30-31H,5-8,10-11,13-17,20-23H2,1-4H3,(H,40,49)(H,42,46)(H,43,48)/t25-,27-,30+,31+,39-/m1/s1. The lowest BCUT2D eigenvalue weighted by Gasteiger charge is -2.30. The van der Waals surface area contributed by atoms with Gasteiger partial charge in [-0.3, -0.25) is 19.1 Å². The second-order valence-electron chi connectivity index (χ2n) is 16.6. The minimum Gasteiger partial charge on any atom is -0.497 e. The Hall–Kier alpha value is -4.03. The Bertz CT molecular complexity index is 1970. The number of aromatic nitrogens is 1. The number of fused-ring (bicyclic) bond motifs is 3. The topological polar surface area (TPSA) is 195 Å². The maximum atomic E-state index is 14.6. The van der Waals surface area contributed by atoms with E-state index in [-0.39, 0.29) is 31.1 Å². The van der Waals surface area contributed by atoms with Gasteiger partial charge in [-0.05, 0) is 94.2 Å². The van der Waals surface area contributed by atoms with Crippen molar-refractivity contribution in [3.63, 3.8) is 0 Å². The van der Waals surface area contributed by atoms with Gasteiger partial charge in [-0.15, -0.1) is 0 Å². The zero-order chi connectivity index (χ0) is 40.5. The number of hydrogen-bond donors (Lipinski definition) is 3. The number of hydrogen-bond acceptors (Lipinski definition) is 13. The zero-order valence-electron chi connectivity index (χ0n) is 33.0. The third-order valence-electron chi connectivity index (χ3n) is 11.1. The SMILES string of the molecule is COc1ccc2c(O[C@@H]3C[C@H]4C(=O)N[C@]5(C(=O)NS(=O)(=O)C6CC6)C[C@H]5CCCCCSC[C@H](NC(=O)OC(C)(C)C)C(=O)N4C3)nc(N3CCOCC3)cc2c1. The number of ether oxygens (including phenoxy) is 4. The molecule has 0 unspecified atom stereocenters. The van der Waals surface area contributed by atoms with E-state index >= 15 is 0 Å². The molecule has 18 heteroatoms. The third-order valence-corrected chi connectivity index (χ3v) is 14.1. The van der Waals surface area contributed by atoms with E-state index in [0.717, 1.165) is 30.4 Å². The van der Waals surface area contributed by atoms with Crippen molar-refractivity contribution in [2.75, 3.05) is 56.4 Å². The van der Waals surface area contributed by atoms with Crippen molar-refractivity contribution in [1.29, 1.82) is 0 Å². The molecule has 2 saturated carbocycles. The molecule has 5 aliphatic rings. The molecule has 4 amide bonds. The van der Waals surface area contributed by atoms with E-state index < -0.39 is 68.4 Å². The van der Waals surface area contributed by atoms with Crippen LogP contribution in [-0.4, -0.2) is 128 Å². The second kappa shape index (κ2) is 16.7. The van der Waals surface area contributed by atoms with Crippen LogP contribution in [0.2, 0.25) is 0 Å². The molecule has 4 heterocycles. The molecule has 2 aromatic rings. The van der Waals surface area contributed by atoms with Gasteiger partial charge in [-0.1, -0.05) is 12.8 Å². The monoisotopic (exact) mass is 830 g/mol. The van der Waals surface area contributed by atoms with Crippen molar-refractivity contribution in [3.05, 3.63) is 24.3 Å².